The van der Waals surface area contributed by atoms with Crippen LogP contribution >= 0.6 is 0 Å². The minimum absolute atomic E-state index is 0.154. The van der Waals surface area contributed by atoms with Crippen molar-refractivity contribution in [2.24, 2.45) is 5.10 Å². The average Bonchev–Trinajstić information content (AvgIpc) is 3.46. The molecular formula is C26H21FN4O. The fourth-order valence-corrected chi connectivity index (χ4v) is 4.02. The standard InChI is InChI=1S/C26H21FN4O/c1-18(32)31-25(16-24(28-31)19-12-14-21(27)15-13-19)23-17-30(22-10-6-3-7-11-22)29-26(23)20-8-4-2-5-9-20/h2-15,17,25H,16H2,1H3. The molecule has 32 heavy (non-hydrogen) atoms. The van der Waals surface area contributed by atoms with Gasteiger partial charge in [-0.2, -0.15) is 10.2 Å². The summed E-state index contributed by atoms with van der Waals surface area (Å²) < 4.78 is 15.2. The molecule has 0 bridgehead atoms. The van der Waals surface area contributed by atoms with Crippen LogP contribution in [0.3, 0.4) is 0 Å². The lowest BCUT2D eigenvalue weighted by Crippen LogP contribution is -2.24. The van der Waals surface area contributed by atoms with Crippen molar-refractivity contribution in [3.63, 3.8) is 0 Å². The van der Waals surface area contributed by atoms with Crippen LogP contribution in [0.25, 0.3) is 16.9 Å². The van der Waals surface area contributed by atoms with E-state index in [1.165, 1.54) is 24.1 Å². The van der Waals surface area contributed by atoms with Crippen LogP contribution in [0.4, 0.5) is 4.39 Å². The number of amides is 1. The van der Waals surface area contributed by atoms with Gasteiger partial charge in [0.05, 0.1) is 23.1 Å². The van der Waals surface area contributed by atoms with Gasteiger partial charge in [-0.1, -0.05) is 60.7 Å². The molecule has 1 aliphatic rings. The summed E-state index contributed by atoms with van der Waals surface area (Å²) in [4.78, 5) is 12.5. The normalized spacial score (nSPS) is 15.6. The molecule has 0 saturated carbocycles. The van der Waals surface area contributed by atoms with Gasteiger partial charge >= 0.3 is 0 Å². The molecule has 158 valence electrons. The topological polar surface area (TPSA) is 50.5 Å². The largest absolute Gasteiger partial charge is 0.273 e. The third-order valence-corrected chi connectivity index (χ3v) is 5.58. The summed E-state index contributed by atoms with van der Waals surface area (Å²) in [6.45, 7) is 1.51. The van der Waals surface area contributed by atoms with Gasteiger partial charge in [0.25, 0.3) is 0 Å². The van der Waals surface area contributed by atoms with Crippen LogP contribution in [0.5, 0.6) is 0 Å². The van der Waals surface area contributed by atoms with E-state index in [1.54, 1.807) is 12.1 Å². The number of benzene rings is 3. The summed E-state index contributed by atoms with van der Waals surface area (Å²) >= 11 is 0. The van der Waals surface area contributed by atoms with Crippen molar-refractivity contribution in [1.82, 2.24) is 14.8 Å². The molecule has 1 aromatic heterocycles. The van der Waals surface area contributed by atoms with Gasteiger partial charge in [-0.25, -0.2) is 14.1 Å². The van der Waals surface area contributed by atoms with E-state index in [-0.39, 0.29) is 17.8 Å². The molecule has 3 aromatic carbocycles. The zero-order chi connectivity index (χ0) is 22.1. The highest BCUT2D eigenvalue weighted by atomic mass is 19.1. The molecule has 1 amide bonds. The molecule has 1 atom stereocenters. The Balaban J connectivity index is 1.60. The number of nitrogens with zero attached hydrogens (tertiary/aromatic N) is 4. The molecule has 0 radical (unpaired) electrons. The summed E-state index contributed by atoms with van der Waals surface area (Å²) in [5.41, 5.74) is 5.17. The fraction of sp³-hybridized carbons (Fsp3) is 0.115. The Kier molecular flexibility index (Phi) is 5.11. The van der Waals surface area contributed by atoms with Gasteiger partial charge in [0.2, 0.25) is 5.91 Å². The molecule has 1 aliphatic heterocycles. The highest BCUT2D eigenvalue weighted by Crippen LogP contribution is 2.38. The highest BCUT2D eigenvalue weighted by molar-refractivity contribution is 6.03. The van der Waals surface area contributed by atoms with Crippen molar-refractivity contribution in [1.29, 1.82) is 0 Å². The van der Waals surface area contributed by atoms with Crippen LogP contribution < -0.4 is 0 Å². The predicted molar refractivity (Wildman–Crippen MR) is 122 cm³/mol. The quantitative estimate of drug-likeness (QED) is 0.442. The second kappa shape index (κ2) is 8.23. The van der Waals surface area contributed by atoms with Crippen LogP contribution in [0.15, 0.2) is 96.2 Å². The number of hydrogen-bond donors (Lipinski definition) is 0. The summed E-state index contributed by atoms with van der Waals surface area (Å²) in [5, 5.41) is 11.0. The van der Waals surface area contributed by atoms with Gasteiger partial charge in [-0.05, 0) is 29.8 Å². The van der Waals surface area contributed by atoms with Crippen molar-refractivity contribution in [2.45, 2.75) is 19.4 Å². The van der Waals surface area contributed by atoms with Gasteiger partial charge in [0, 0.05) is 30.7 Å². The van der Waals surface area contributed by atoms with Crippen LogP contribution in [0.2, 0.25) is 0 Å². The van der Waals surface area contributed by atoms with Crippen LogP contribution in [-0.2, 0) is 4.79 Å². The molecular weight excluding hydrogens is 403 g/mol. The molecule has 0 saturated heterocycles. The first kappa shape index (κ1) is 19.9. The fourth-order valence-electron chi connectivity index (χ4n) is 4.02. The van der Waals surface area contributed by atoms with Crippen molar-refractivity contribution in [3.8, 4) is 16.9 Å². The molecule has 5 rings (SSSR count). The Labute approximate surface area is 185 Å². The van der Waals surface area contributed by atoms with Crippen molar-refractivity contribution >= 4 is 11.6 Å². The molecule has 0 N–H and O–H groups in total. The van der Waals surface area contributed by atoms with Gasteiger partial charge in [-0.15, -0.1) is 0 Å². The third-order valence-electron chi connectivity index (χ3n) is 5.58. The molecule has 0 spiro atoms. The van der Waals surface area contributed by atoms with Crippen LogP contribution in [-0.4, -0.2) is 26.4 Å². The second-order valence-corrected chi connectivity index (χ2v) is 7.72. The number of hydrogen-bond acceptors (Lipinski definition) is 3. The molecule has 0 fully saturated rings. The Morgan fingerprint density at radius 2 is 1.56 bits per heavy atom. The second-order valence-electron chi connectivity index (χ2n) is 7.72. The first-order chi connectivity index (χ1) is 15.6. The summed E-state index contributed by atoms with van der Waals surface area (Å²) in [6.07, 6.45) is 2.49. The third kappa shape index (κ3) is 3.71. The average molecular weight is 424 g/mol. The first-order valence-corrected chi connectivity index (χ1v) is 10.4. The first-order valence-electron chi connectivity index (χ1n) is 10.4. The molecule has 6 heteroatoms. The van der Waals surface area contributed by atoms with Gasteiger partial charge < -0.3 is 0 Å². The van der Waals surface area contributed by atoms with Crippen LogP contribution in [0, 0.1) is 5.82 Å². The predicted octanol–water partition coefficient (Wildman–Crippen LogP) is 5.38. The minimum atomic E-state index is -0.305. The number of rotatable bonds is 4. The Bertz CT molecular complexity index is 1280. The Hall–Kier alpha value is -4.06. The van der Waals surface area contributed by atoms with Crippen molar-refractivity contribution < 1.29 is 9.18 Å². The van der Waals surface area contributed by atoms with E-state index in [0.29, 0.717) is 6.42 Å². The highest BCUT2D eigenvalue weighted by Gasteiger charge is 2.34. The lowest BCUT2D eigenvalue weighted by atomic mass is 9.96. The molecule has 0 aliphatic carbocycles. The number of para-hydroxylation sites is 1. The molecule has 2 heterocycles. The van der Waals surface area contributed by atoms with Gasteiger partial charge in [0.1, 0.15) is 5.82 Å². The summed E-state index contributed by atoms with van der Waals surface area (Å²) in [5.74, 6) is -0.457. The number of aromatic nitrogens is 2. The van der Waals surface area contributed by atoms with E-state index in [4.69, 9.17) is 5.10 Å². The van der Waals surface area contributed by atoms with Crippen molar-refractivity contribution in [3.05, 3.63) is 108 Å². The molecule has 1 unspecified atom stereocenters. The van der Waals surface area contributed by atoms with Crippen LogP contribution in [0.1, 0.15) is 30.5 Å². The number of halogens is 1. The van der Waals surface area contributed by atoms with E-state index in [2.05, 4.69) is 5.10 Å². The number of hydrazone groups is 1. The maximum Gasteiger partial charge on any atom is 0.240 e. The number of carbonyl (C=O) groups is 1. The summed E-state index contributed by atoms with van der Waals surface area (Å²) in [6, 6.07) is 25.7. The van der Waals surface area contributed by atoms with E-state index in [0.717, 1.165) is 33.8 Å². The lowest BCUT2D eigenvalue weighted by Gasteiger charge is -2.20. The zero-order valence-corrected chi connectivity index (χ0v) is 17.5. The van der Waals surface area contributed by atoms with E-state index >= 15 is 0 Å². The molecule has 4 aromatic rings. The van der Waals surface area contributed by atoms with Gasteiger partial charge in [-0.3, -0.25) is 4.79 Å². The van der Waals surface area contributed by atoms with E-state index in [9.17, 15) is 9.18 Å². The van der Waals surface area contributed by atoms with E-state index in [1.807, 2.05) is 71.5 Å². The molecule has 5 nitrogen and oxygen atoms in total. The lowest BCUT2D eigenvalue weighted by molar-refractivity contribution is -0.130. The maximum atomic E-state index is 13.4. The Morgan fingerprint density at radius 1 is 0.906 bits per heavy atom. The Morgan fingerprint density at radius 3 is 2.22 bits per heavy atom. The maximum absolute atomic E-state index is 13.4. The smallest absolute Gasteiger partial charge is 0.240 e. The van der Waals surface area contributed by atoms with E-state index < -0.39 is 0 Å². The SMILES string of the molecule is CC(=O)N1N=C(c2ccc(F)cc2)CC1c1cn(-c2ccccc2)nc1-c1ccccc1. The van der Waals surface area contributed by atoms with Gasteiger partial charge in [0.15, 0.2) is 0 Å². The number of carbonyl (C=O) groups excluding carboxylic acids is 1. The zero-order valence-electron chi connectivity index (χ0n) is 17.5. The minimum Gasteiger partial charge on any atom is -0.273 e. The monoisotopic (exact) mass is 424 g/mol. The van der Waals surface area contributed by atoms with Crippen molar-refractivity contribution in [2.75, 3.05) is 0 Å². The summed E-state index contributed by atoms with van der Waals surface area (Å²) in [7, 11) is 0.